The van der Waals surface area contributed by atoms with Crippen LogP contribution in [0.2, 0.25) is 0 Å². The molecule has 0 spiro atoms. The number of rotatable bonds is 3. The minimum absolute atomic E-state index is 0.252. The van der Waals surface area contributed by atoms with Gasteiger partial charge in [0.2, 0.25) is 0 Å². The molecule has 0 aliphatic carbocycles. The smallest absolute Gasteiger partial charge is 0.314 e. The Morgan fingerprint density at radius 2 is 1.73 bits per heavy atom. The van der Waals surface area contributed by atoms with Gasteiger partial charge in [-0.05, 0) is 49.6 Å². The maximum atomic E-state index is 12.0. The van der Waals surface area contributed by atoms with Crippen molar-refractivity contribution in [1.82, 2.24) is 5.32 Å². The molecule has 0 saturated heterocycles. The summed E-state index contributed by atoms with van der Waals surface area (Å²) in [5.74, 6) is 0. The summed E-state index contributed by atoms with van der Waals surface area (Å²) in [7, 11) is 0. The summed E-state index contributed by atoms with van der Waals surface area (Å²) >= 11 is 3.46. The first kappa shape index (κ1) is 16.3. The summed E-state index contributed by atoms with van der Waals surface area (Å²) in [6, 6.07) is 11.7. The van der Waals surface area contributed by atoms with Crippen molar-refractivity contribution in [3.05, 3.63) is 69.3 Å². The molecule has 2 amide bonds. The van der Waals surface area contributed by atoms with Crippen LogP contribution in [0.15, 0.2) is 47.1 Å². The molecule has 0 aliphatic heterocycles. The zero-order chi connectivity index (χ0) is 16.1. The van der Waals surface area contributed by atoms with Crippen LogP contribution in [-0.4, -0.2) is 6.03 Å². The third-order valence-electron chi connectivity index (χ3n) is 3.30. The lowest BCUT2D eigenvalue weighted by Gasteiger charge is -2.12. The van der Waals surface area contributed by atoms with E-state index in [0.29, 0.717) is 0 Å². The van der Waals surface area contributed by atoms with Crippen LogP contribution in [0.1, 0.15) is 22.3 Å². The van der Waals surface area contributed by atoms with Gasteiger partial charge in [0.05, 0.1) is 0 Å². The highest BCUT2D eigenvalue weighted by Crippen LogP contribution is 2.21. The minimum Gasteiger partial charge on any atom is -0.314 e. The van der Waals surface area contributed by atoms with E-state index in [4.69, 9.17) is 0 Å². The van der Waals surface area contributed by atoms with Gasteiger partial charge in [0.1, 0.15) is 0 Å². The number of anilines is 1. The number of urea groups is 1. The highest BCUT2D eigenvalue weighted by molar-refractivity contribution is 9.10. The van der Waals surface area contributed by atoms with E-state index >= 15 is 0 Å². The van der Waals surface area contributed by atoms with E-state index in [2.05, 4.69) is 38.7 Å². The van der Waals surface area contributed by atoms with Gasteiger partial charge in [0, 0.05) is 16.4 Å². The standard InChI is InChI=1S/C18H19BrN2O/c1-12-10-13(2)17(14(3)11-12)21-18(22)20-9-8-15-6-4-5-7-16(15)19/h4-11H,1-3H3,(H2,20,21,22)/b9-8+. The lowest BCUT2D eigenvalue weighted by Crippen LogP contribution is -2.24. The minimum atomic E-state index is -0.252. The van der Waals surface area contributed by atoms with Crippen LogP contribution in [0.4, 0.5) is 10.5 Å². The van der Waals surface area contributed by atoms with Crippen molar-refractivity contribution in [1.29, 1.82) is 0 Å². The van der Waals surface area contributed by atoms with Gasteiger partial charge in [0.15, 0.2) is 0 Å². The molecular formula is C18H19BrN2O. The molecule has 0 fully saturated rings. The van der Waals surface area contributed by atoms with E-state index in [1.165, 1.54) is 5.56 Å². The SMILES string of the molecule is Cc1cc(C)c(NC(=O)N/C=C/c2ccccc2Br)c(C)c1. The summed E-state index contributed by atoms with van der Waals surface area (Å²) in [5, 5.41) is 5.62. The van der Waals surface area contributed by atoms with Crippen molar-refractivity contribution >= 4 is 33.7 Å². The third-order valence-corrected chi connectivity index (χ3v) is 4.02. The number of benzene rings is 2. The van der Waals surface area contributed by atoms with Crippen LogP contribution in [0.5, 0.6) is 0 Å². The van der Waals surface area contributed by atoms with Crippen molar-refractivity contribution < 1.29 is 4.79 Å². The van der Waals surface area contributed by atoms with Crippen LogP contribution in [0.25, 0.3) is 6.08 Å². The zero-order valence-electron chi connectivity index (χ0n) is 12.9. The van der Waals surface area contributed by atoms with Crippen LogP contribution < -0.4 is 10.6 Å². The van der Waals surface area contributed by atoms with Crippen molar-refractivity contribution in [2.45, 2.75) is 20.8 Å². The van der Waals surface area contributed by atoms with E-state index in [1.54, 1.807) is 6.20 Å². The normalized spacial score (nSPS) is 10.7. The quantitative estimate of drug-likeness (QED) is 0.780. The fraction of sp³-hybridized carbons (Fsp3) is 0.167. The van der Waals surface area contributed by atoms with E-state index in [0.717, 1.165) is 26.9 Å². The number of amides is 2. The highest BCUT2D eigenvalue weighted by Gasteiger charge is 2.06. The van der Waals surface area contributed by atoms with Gasteiger partial charge < -0.3 is 10.6 Å². The number of hydrogen-bond donors (Lipinski definition) is 2. The molecule has 2 aromatic carbocycles. The van der Waals surface area contributed by atoms with Gasteiger partial charge in [-0.15, -0.1) is 0 Å². The summed E-state index contributed by atoms with van der Waals surface area (Å²) in [4.78, 5) is 12.0. The fourth-order valence-electron chi connectivity index (χ4n) is 2.34. The van der Waals surface area contributed by atoms with Crippen LogP contribution in [-0.2, 0) is 0 Å². The molecular weight excluding hydrogens is 340 g/mol. The Morgan fingerprint density at radius 3 is 2.36 bits per heavy atom. The second kappa shape index (κ2) is 7.27. The Morgan fingerprint density at radius 1 is 1.09 bits per heavy atom. The second-order valence-corrected chi connectivity index (χ2v) is 6.08. The summed E-state index contributed by atoms with van der Waals surface area (Å²) in [5.41, 5.74) is 5.17. The zero-order valence-corrected chi connectivity index (χ0v) is 14.5. The molecule has 2 aromatic rings. The molecule has 0 saturated carbocycles. The van der Waals surface area contributed by atoms with E-state index < -0.39 is 0 Å². The van der Waals surface area contributed by atoms with Gasteiger partial charge in [-0.1, -0.05) is 51.8 Å². The number of halogens is 1. The number of carbonyl (C=O) groups excluding carboxylic acids is 1. The average Bonchev–Trinajstić information content (AvgIpc) is 2.45. The van der Waals surface area contributed by atoms with Gasteiger partial charge >= 0.3 is 6.03 Å². The summed E-state index contributed by atoms with van der Waals surface area (Å²) in [6.45, 7) is 6.03. The number of carbonyl (C=O) groups is 1. The Hall–Kier alpha value is -2.07. The summed E-state index contributed by atoms with van der Waals surface area (Å²) < 4.78 is 0.985. The van der Waals surface area contributed by atoms with Crippen LogP contribution in [0, 0.1) is 20.8 Å². The van der Waals surface area contributed by atoms with Crippen molar-refractivity contribution in [2.75, 3.05) is 5.32 Å². The van der Waals surface area contributed by atoms with Gasteiger partial charge in [0.25, 0.3) is 0 Å². The van der Waals surface area contributed by atoms with Crippen molar-refractivity contribution in [3.63, 3.8) is 0 Å². The van der Waals surface area contributed by atoms with Crippen LogP contribution in [0.3, 0.4) is 0 Å². The highest BCUT2D eigenvalue weighted by atomic mass is 79.9. The molecule has 4 heteroatoms. The van der Waals surface area contributed by atoms with E-state index in [9.17, 15) is 4.79 Å². The van der Waals surface area contributed by atoms with Crippen molar-refractivity contribution in [2.24, 2.45) is 0 Å². The molecule has 0 unspecified atom stereocenters. The monoisotopic (exact) mass is 358 g/mol. The predicted molar refractivity (Wildman–Crippen MR) is 96.0 cm³/mol. The first-order valence-corrected chi connectivity index (χ1v) is 7.83. The summed E-state index contributed by atoms with van der Waals surface area (Å²) in [6.07, 6.45) is 3.48. The van der Waals surface area contributed by atoms with Gasteiger partial charge in [-0.2, -0.15) is 0 Å². The lowest BCUT2D eigenvalue weighted by atomic mass is 10.1. The molecule has 0 heterocycles. The molecule has 0 bridgehead atoms. The topological polar surface area (TPSA) is 41.1 Å². The Bertz CT molecular complexity index is 700. The first-order valence-electron chi connectivity index (χ1n) is 7.04. The molecule has 3 nitrogen and oxygen atoms in total. The number of hydrogen-bond acceptors (Lipinski definition) is 1. The van der Waals surface area contributed by atoms with Crippen molar-refractivity contribution in [3.8, 4) is 0 Å². The molecule has 0 aromatic heterocycles. The molecule has 0 radical (unpaired) electrons. The number of aryl methyl sites for hydroxylation is 3. The molecule has 2 rings (SSSR count). The maximum absolute atomic E-state index is 12.0. The second-order valence-electron chi connectivity index (χ2n) is 5.23. The Labute approximate surface area is 139 Å². The molecule has 22 heavy (non-hydrogen) atoms. The van der Waals surface area contributed by atoms with Gasteiger partial charge in [-0.3, -0.25) is 0 Å². The number of nitrogens with one attached hydrogen (secondary N) is 2. The van der Waals surface area contributed by atoms with Crippen LogP contribution >= 0.6 is 15.9 Å². The molecule has 2 N–H and O–H groups in total. The van der Waals surface area contributed by atoms with E-state index in [-0.39, 0.29) is 6.03 Å². The molecule has 0 aliphatic rings. The molecule has 114 valence electrons. The van der Waals surface area contributed by atoms with E-state index in [1.807, 2.05) is 51.1 Å². The predicted octanol–water partition coefficient (Wildman–Crippen LogP) is 5.17. The maximum Gasteiger partial charge on any atom is 0.323 e. The first-order chi connectivity index (χ1) is 10.5. The lowest BCUT2D eigenvalue weighted by molar-refractivity contribution is 0.255. The Balaban J connectivity index is 2.01. The van der Waals surface area contributed by atoms with Gasteiger partial charge in [-0.25, -0.2) is 4.79 Å². The Kier molecular flexibility index (Phi) is 5.39. The average molecular weight is 359 g/mol. The largest absolute Gasteiger partial charge is 0.323 e. The molecule has 0 atom stereocenters. The fourth-order valence-corrected chi connectivity index (χ4v) is 2.76. The third kappa shape index (κ3) is 4.21.